The number of nitrogens with zero attached hydrogens (tertiary/aromatic N) is 5. The summed E-state index contributed by atoms with van der Waals surface area (Å²) in [5.74, 6) is 0. The lowest BCUT2D eigenvalue weighted by molar-refractivity contribution is 1.18. The molecule has 0 fully saturated rings. The van der Waals surface area contributed by atoms with E-state index in [9.17, 15) is 10.5 Å². The van der Waals surface area contributed by atoms with Crippen LogP contribution in [-0.2, 0) is 0 Å². The monoisotopic (exact) mass is 635 g/mol. The van der Waals surface area contributed by atoms with Gasteiger partial charge in [-0.05, 0) is 60.2 Å². The molecule has 5 heteroatoms. The maximum atomic E-state index is 10.8. The molecule has 2 heterocycles. The Balaban J connectivity index is 1.27. The van der Waals surface area contributed by atoms with Gasteiger partial charge in [-0.2, -0.15) is 10.5 Å². The van der Waals surface area contributed by atoms with E-state index in [1.54, 1.807) is 0 Å². The van der Waals surface area contributed by atoms with E-state index >= 15 is 0 Å². The molecule has 0 atom stereocenters. The molecule has 0 saturated heterocycles. The number of hydrogen-bond donors (Lipinski definition) is 0. The van der Waals surface area contributed by atoms with Crippen molar-refractivity contribution in [1.29, 1.82) is 10.5 Å². The van der Waals surface area contributed by atoms with Gasteiger partial charge in [-0.25, -0.2) is 4.85 Å². The Hall–Kier alpha value is -7.39. The van der Waals surface area contributed by atoms with Crippen molar-refractivity contribution in [2.75, 3.05) is 0 Å². The molecular weight excluding hydrogens is 611 g/mol. The molecule has 50 heavy (non-hydrogen) atoms. The zero-order valence-electron chi connectivity index (χ0n) is 26.7. The Morgan fingerprint density at radius 1 is 0.480 bits per heavy atom. The van der Waals surface area contributed by atoms with Crippen molar-refractivity contribution < 1.29 is 0 Å². The average molecular weight is 636 g/mol. The second kappa shape index (κ2) is 11.4. The van der Waals surface area contributed by atoms with Gasteiger partial charge in [0.05, 0.1) is 45.8 Å². The van der Waals surface area contributed by atoms with Gasteiger partial charge in [0.15, 0.2) is 5.69 Å². The maximum absolute atomic E-state index is 10.8. The van der Waals surface area contributed by atoms with Gasteiger partial charge in [0.25, 0.3) is 0 Å². The summed E-state index contributed by atoms with van der Waals surface area (Å²) in [4.78, 5) is 3.77. The first-order chi connectivity index (χ1) is 24.7. The van der Waals surface area contributed by atoms with Crippen LogP contribution in [0.3, 0.4) is 0 Å². The summed E-state index contributed by atoms with van der Waals surface area (Å²) in [5, 5.41) is 24.9. The smallest absolute Gasteiger partial charge is 0.189 e. The van der Waals surface area contributed by atoms with Crippen molar-refractivity contribution in [3.05, 3.63) is 174 Å². The predicted octanol–water partition coefficient (Wildman–Crippen LogP) is 11.5. The molecule has 9 aromatic rings. The molecule has 0 unspecified atom stereocenters. The van der Waals surface area contributed by atoms with Crippen LogP contribution in [0.4, 0.5) is 5.69 Å². The van der Waals surface area contributed by atoms with Crippen molar-refractivity contribution in [2.45, 2.75) is 0 Å². The molecular formula is C45H25N5. The lowest BCUT2D eigenvalue weighted by Crippen LogP contribution is -1.99. The zero-order valence-corrected chi connectivity index (χ0v) is 26.7. The third-order valence-electron chi connectivity index (χ3n) is 9.61. The van der Waals surface area contributed by atoms with Gasteiger partial charge in [0, 0.05) is 49.6 Å². The number of benzene rings is 7. The lowest BCUT2D eigenvalue weighted by atomic mass is 9.91. The number of hydrogen-bond acceptors (Lipinski definition) is 2. The molecule has 0 bridgehead atoms. The molecule has 0 aliphatic carbocycles. The summed E-state index contributed by atoms with van der Waals surface area (Å²) in [6.07, 6.45) is 0. The first kappa shape index (κ1) is 28.8. The summed E-state index contributed by atoms with van der Waals surface area (Å²) < 4.78 is 4.43. The normalized spacial score (nSPS) is 11.1. The molecule has 2 aromatic heterocycles. The van der Waals surface area contributed by atoms with Crippen LogP contribution in [0, 0.1) is 29.2 Å². The molecule has 0 amide bonds. The molecule has 7 aromatic carbocycles. The number of aromatic nitrogens is 2. The van der Waals surface area contributed by atoms with E-state index in [1.165, 1.54) is 10.8 Å². The van der Waals surface area contributed by atoms with Crippen molar-refractivity contribution in [3.63, 3.8) is 0 Å². The SMILES string of the molecule is [C-]#[N+]c1ccc(-c2cccc(-c3cccc(-n4c5ccccc5c5ccccc54)c3)c2C#N)c(-n2c3ccccc3c3cc(C#N)ccc32)c1. The van der Waals surface area contributed by atoms with E-state index < -0.39 is 0 Å². The highest BCUT2D eigenvalue weighted by molar-refractivity contribution is 6.11. The zero-order chi connectivity index (χ0) is 33.8. The Morgan fingerprint density at radius 2 is 1.10 bits per heavy atom. The molecule has 9 rings (SSSR count). The first-order valence-electron chi connectivity index (χ1n) is 16.3. The Kier molecular flexibility index (Phi) is 6.56. The van der Waals surface area contributed by atoms with Crippen molar-refractivity contribution in [2.24, 2.45) is 0 Å². The number of para-hydroxylation sites is 3. The average Bonchev–Trinajstić information content (AvgIpc) is 3.70. The molecule has 0 radical (unpaired) electrons. The van der Waals surface area contributed by atoms with Gasteiger partial charge in [-0.3, -0.25) is 0 Å². The third kappa shape index (κ3) is 4.31. The van der Waals surface area contributed by atoms with Gasteiger partial charge in [0.2, 0.25) is 0 Å². The van der Waals surface area contributed by atoms with Crippen molar-refractivity contribution in [3.8, 4) is 45.8 Å². The molecule has 230 valence electrons. The van der Waals surface area contributed by atoms with Gasteiger partial charge < -0.3 is 9.13 Å². The van der Waals surface area contributed by atoms with Crippen LogP contribution in [-0.4, -0.2) is 9.13 Å². The number of rotatable bonds is 4. The van der Waals surface area contributed by atoms with E-state index in [0.29, 0.717) is 16.8 Å². The van der Waals surface area contributed by atoms with Gasteiger partial charge in [-0.1, -0.05) is 97.1 Å². The molecule has 5 nitrogen and oxygen atoms in total. The van der Waals surface area contributed by atoms with Crippen LogP contribution >= 0.6 is 0 Å². The van der Waals surface area contributed by atoms with Gasteiger partial charge in [-0.15, -0.1) is 0 Å². The quantitative estimate of drug-likeness (QED) is 0.181. The van der Waals surface area contributed by atoms with Crippen LogP contribution in [0.2, 0.25) is 0 Å². The molecule has 0 spiro atoms. The van der Waals surface area contributed by atoms with Crippen molar-refractivity contribution >= 4 is 49.3 Å². The number of nitriles is 2. The summed E-state index contributed by atoms with van der Waals surface area (Å²) >= 11 is 0. The second-order valence-corrected chi connectivity index (χ2v) is 12.3. The predicted molar refractivity (Wildman–Crippen MR) is 202 cm³/mol. The first-order valence-corrected chi connectivity index (χ1v) is 16.3. The van der Waals surface area contributed by atoms with E-state index in [1.807, 2.05) is 72.8 Å². The molecule has 0 N–H and O–H groups in total. The highest BCUT2D eigenvalue weighted by Gasteiger charge is 2.20. The number of fused-ring (bicyclic) bond motifs is 6. The Labute approximate surface area is 288 Å². The minimum absolute atomic E-state index is 0.497. The van der Waals surface area contributed by atoms with Gasteiger partial charge in [0.1, 0.15) is 6.07 Å². The van der Waals surface area contributed by atoms with Crippen LogP contribution in [0.5, 0.6) is 0 Å². The summed E-state index contributed by atoms with van der Waals surface area (Å²) in [6.45, 7) is 7.85. The molecule has 0 aliphatic heterocycles. The van der Waals surface area contributed by atoms with Gasteiger partial charge >= 0.3 is 0 Å². The van der Waals surface area contributed by atoms with E-state index in [0.717, 1.165) is 66.5 Å². The van der Waals surface area contributed by atoms with Crippen LogP contribution < -0.4 is 0 Å². The van der Waals surface area contributed by atoms with E-state index in [4.69, 9.17) is 6.57 Å². The summed E-state index contributed by atoms with van der Waals surface area (Å²) in [5.41, 5.74) is 10.9. The minimum Gasteiger partial charge on any atom is -0.310 e. The fourth-order valence-electron chi connectivity index (χ4n) is 7.46. The molecule has 0 saturated carbocycles. The third-order valence-corrected chi connectivity index (χ3v) is 9.61. The maximum Gasteiger partial charge on any atom is 0.189 e. The highest BCUT2D eigenvalue weighted by atomic mass is 15.0. The second-order valence-electron chi connectivity index (χ2n) is 12.3. The highest BCUT2D eigenvalue weighted by Crippen LogP contribution is 2.41. The standard InChI is InChI=1S/C45H25N5/c1-48-31-21-22-38(45(26-31)50-43-19-7-4-14-37(43)39-24-29(27-46)20-23-44(39)50)34-16-9-15-33(40(34)28-47)30-10-8-11-32(25-30)49-41-17-5-2-12-35(41)36-13-3-6-18-42(36)49/h2-26H. The fraction of sp³-hybridized carbons (Fsp3) is 0. The van der Waals surface area contributed by atoms with Crippen LogP contribution in [0.25, 0.3) is 82.1 Å². The summed E-state index contributed by atoms with van der Waals surface area (Å²) in [6, 6.07) is 55.5. The lowest BCUT2D eigenvalue weighted by Gasteiger charge is -2.17. The van der Waals surface area contributed by atoms with Crippen LogP contribution in [0.1, 0.15) is 11.1 Å². The van der Waals surface area contributed by atoms with E-state index in [2.05, 4.69) is 105 Å². The molecule has 0 aliphatic rings. The topological polar surface area (TPSA) is 61.8 Å². The van der Waals surface area contributed by atoms with Crippen molar-refractivity contribution in [1.82, 2.24) is 9.13 Å². The Bertz CT molecular complexity index is 2920. The van der Waals surface area contributed by atoms with Crippen LogP contribution in [0.15, 0.2) is 152 Å². The minimum atomic E-state index is 0.497. The largest absolute Gasteiger partial charge is 0.310 e. The fourth-order valence-corrected chi connectivity index (χ4v) is 7.46. The summed E-state index contributed by atoms with van der Waals surface area (Å²) in [7, 11) is 0. The Morgan fingerprint density at radius 3 is 1.78 bits per heavy atom. The van der Waals surface area contributed by atoms with E-state index in [-0.39, 0.29) is 0 Å².